The molecule has 1 atom stereocenters. The van der Waals surface area contributed by atoms with E-state index in [1.54, 1.807) is 0 Å². The second-order valence-corrected chi connectivity index (χ2v) is 4.68. The number of hydrogen-bond donors (Lipinski definition) is 2. The highest BCUT2D eigenvalue weighted by molar-refractivity contribution is 7.87. The first-order valence-corrected chi connectivity index (χ1v) is 5.68. The lowest BCUT2D eigenvalue weighted by Crippen LogP contribution is -2.35. The zero-order valence-electron chi connectivity index (χ0n) is 7.87. The molecule has 0 aromatic carbocycles. The van der Waals surface area contributed by atoms with Gasteiger partial charge in [0.05, 0.1) is 0 Å². The first kappa shape index (κ1) is 11.9. The minimum absolute atomic E-state index is 0.364. The quantitative estimate of drug-likeness (QED) is 0.667. The Morgan fingerprint density at radius 1 is 1.42 bits per heavy atom. The van der Waals surface area contributed by atoms with Gasteiger partial charge in [-0.3, -0.25) is 0 Å². The summed E-state index contributed by atoms with van der Waals surface area (Å²) in [6.45, 7) is 6.61. The molecule has 0 amide bonds. The molecule has 0 heterocycles. The van der Waals surface area contributed by atoms with E-state index in [4.69, 9.17) is 5.14 Å². The Balaban J connectivity index is 3.90. The molecule has 0 spiro atoms. The van der Waals surface area contributed by atoms with Gasteiger partial charge in [-0.15, -0.1) is 0 Å². The maximum atomic E-state index is 10.5. The molecule has 0 aliphatic rings. The van der Waals surface area contributed by atoms with Crippen molar-refractivity contribution >= 4 is 10.2 Å². The summed E-state index contributed by atoms with van der Waals surface area (Å²) in [6, 6.07) is 0. The molecule has 12 heavy (non-hydrogen) atoms. The summed E-state index contributed by atoms with van der Waals surface area (Å²) >= 11 is 0. The smallest absolute Gasteiger partial charge is 0.216 e. The van der Waals surface area contributed by atoms with Crippen LogP contribution in [0.5, 0.6) is 0 Å². The van der Waals surface area contributed by atoms with Crippen LogP contribution < -0.4 is 9.86 Å². The van der Waals surface area contributed by atoms with E-state index in [9.17, 15) is 8.42 Å². The molecule has 4 nitrogen and oxygen atoms in total. The zero-order chi connectivity index (χ0) is 9.78. The van der Waals surface area contributed by atoms with Crippen molar-refractivity contribution in [3.8, 4) is 0 Å². The highest BCUT2D eigenvalue weighted by atomic mass is 32.2. The van der Waals surface area contributed by atoms with Crippen molar-refractivity contribution in [2.24, 2.45) is 17.0 Å². The molecule has 0 radical (unpaired) electrons. The van der Waals surface area contributed by atoms with Crippen LogP contribution in [0.1, 0.15) is 27.2 Å². The van der Waals surface area contributed by atoms with E-state index >= 15 is 0 Å². The Hall–Kier alpha value is -0.130. The van der Waals surface area contributed by atoms with Crippen molar-refractivity contribution in [2.75, 3.05) is 6.54 Å². The number of hydrogen-bond acceptors (Lipinski definition) is 2. The normalized spacial score (nSPS) is 15.1. The second-order valence-electron chi connectivity index (χ2n) is 3.31. The minimum atomic E-state index is -3.51. The van der Waals surface area contributed by atoms with Crippen LogP contribution in [0.3, 0.4) is 0 Å². The molecule has 5 heteroatoms. The van der Waals surface area contributed by atoms with Gasteiger partial charge in [0.2, 0.25) is 0 Å². The monoisotopic (exact) mass is 194 g/mol. The average Bonchev–Trinajstić information content (AvgIpc) is 1.85. The van der Waals surface area contributed by atoms with Crippen molar-refractivity contribution in [1.29, 1.82) is 0 Å². The van der Waals surface area contributed by atoms with Crippen LogP contribution in [-0.4, -0.2) is 15.0 Å². The third kappa shape index (κ3) is 5.51. The number of nitrogens with two attached hydrogens (primary N) is 1. The Morgan fingerprint density at radius 3 is 2.17 bits per heavy atom. The van der Waals surface area contributed by atoms with Crippen molar-refractivity contribution in [2.45, 2.75) is 27.2 Å². The first-order valence-electron chi connectivity index (χ1n) is 4.14. The van der Waals surface area contributed by atoms with Crippen LogP contribution in [0.15, 0.2) is 0 Å². The van der Waals surface area contributed by atoms with Gasteiger partial charge in [-0.1, -0.05) is 27.2 Å². The summed E-state index contributed by atoms with van der Waals surface area (Å²) in [5, 5.41) is 4.80. The molecule has 1 unspecified atom stereocenters. The Morgan fingerprint density at radius 2 is 1.92 bits per heavy atom. The standard InChI is InChI=1S/C7H18N2O2S/c1-4-7(6(2)3)5-9-12(8,10)11/h6-7,9H,4-5H2,1-3H3,(H2,8,10,11). The molecule has 0 saturated heterocycles. The summed E-state index contributed by atoms with van der Waals surface area (Å²) in [5.41, 5.74) is 0. The molecule has 74 valence electrons. The first-order chi connectivity index (χ1) is 5.37. The predicted molar refractivity (Wildman–Crippen MR) is 49.7 cm³/mol. The maximum Gasteiger partial charge on any atom is 0.274 e. The third-order valence-corrected chi connectivity index (χ3v) is 2.58. The van der Waals surface area contributed by atoms with E-state index in [1.165, 1.54) is 0 Å². The van der Waals surface area contributed by atoms with Gasteiger partial charge < -0.3 is 0 Å². The summed E-state index contributed by atoms with van der Waals surface area (Å²) in [6.07, 6.45) is 0.959. The van der Waals surface area contributed by atoms with Crippen molar-refractivity contribution < 1.29 is 8.42 Å². The minimum Gasteiger partial charge on any atom is -0.216 e. The number of nitrogens with one attached hydrogen (secondary N) is 1. The third-order valence-electron chi connectivity index (χ3n) is 2.01. The lowest BCUT2D eigenvalue weighted by molar-refractivity contribution is 0.371. The van der Waals surface area contributed by atoms with Crippen molar-refractivity contribution in [3.63, 3.8) is 0 Å². The van der Waals surface area contributed by atoms with E-state index < -0.39 is 10.2 Å². The Bertz CT molecular complexity index is 211. The van der Waals surface area contributed by atoms with Crippen LogP contribution in [0.4, 0.5) is 0 Å². The number of rotatable bonds is 5. The van der Waals surface area contributed by atoms with E-state index in [-0.39, 0.29) is 0 Å². The van der Waals surface area contributed by atoms with Gasteiger partial charge in [0.1, 0.15) is 0 Å². The van der Waals surface area contributed by atoms with Gasteiger partial charge >= 0.3 is 0 Å². The molecule has 0 bridgehead atoms. The fourth-order valence-electron chi connectivity index (χ4n) is 1.07. The van der Waals surface area contributed by atoms with Crippen LogP contribution in [-0.2, 0) is 10.2 Å². The molecule has 0 aromatic heterocycles. The van der Waals surface area contributed by atoms with Gasteiger partial charge in [-0.2, -0.15) is 8.42 Å². The largest absolute Gasteiger partial charge is 0.274 e. The summed E-state index contributed by atoms with van der Waals surface area (Å²) in [7, 11) is -3.51. The fraction of sp³-hybridized carbons (Fsp3) is 1.00. The van der Waals surface area contributed by atoms with E-state index in [2.05, 4.69) is 18.6 Å². The van der Waals surface area contributed by atoms with Crippen molar-refractivity contribution in [1.82, 2.24) is 4.72 Å². The Kier molecular flexibility index (Phi) is 4.74. The fourth-order valence-corrected chi connectivity index (χ4v) is 1.52. The molecule has 0 rings (SSSR count). The zero-order valence-corrected chi connectivity index (χ0v) is 8.69. The lowest BCUT2D eigenvalue weighted by Gasteiger charge is -2.18. The van der Waals surface area contributed by atoms with E-state index in [1.807, 2.05) is 6.92 Å². The molecule has 0 fully saturated rings. The van der Waals surface area contributed by atoms with Gasteiger partial charge in [0, 0.05) is 6.54 Å². The van der Waals surface area contributed by atoms with Crippen LogP contribution >= 0.6 is 0 Å². The van der Waals surface area contributed by atoms with Gasteiger partial charge in [-0.25, -0.2) is 9.86 Å². The molecule has 3 N–H and O–H groups in total. The van der Waals surface area contributed by atoms with E-state index in [0.717, 1.165) is 6.42 Å². The molecule has 0 saturated carbocycles. The van der Waals surface area contributed by atoms with Gasteiger partial charge in [0.15, 0.2) is 0 Å². The van der Waals surface area contributed by atoms with Crippen LogP contribution in [0.25, 0.3) is 0 Å². The lowest BCUT2D eigenvalue weighted by atomic mass is 9.94. The van der Waals surface area contributed by atoms with Crippen molar-refractivity contribution in [3.05, 3.63) is 0 Å². The molecular formula is C7H18N2O2S. The van der Waals surface area contributed by atoms with Gasteiger partial charge in [-0.05, 0) is 11.8 Å². The molecular weight excluding hydrogens is 176 g/mol. The van der Waals surface area contributed by atoms with E-state index in [0.29, 0.717) is 18.4 Å². The Labute approximate surface area is 74.7 Å². The topological polar surface area (TPSA) is 72.2 Å². The SMILES string of the molecule is CCC(CNS(N)(=O)=O)C(C)C. The highest BCUT2D eigenvalue weighted by Gasteiger charge is 2.12. The maximum absolute atomic E-state index is 10.5. The summed E-state index contributed by atoms with van der Waals surface area (Å²) < 4.78 is 23.4. The average molecular weight is 194 g/mol. The van der Waals surface area contributed by atoms with Crippen LogP contribution in [0.2, 0.25) is 0 Å². The predicted octanol–water partition coefficient (Wildman–Crippen LogP) is 0.462. The molecule has 0 aliphatic carbocycles. The second kappa shape index (κ2) is 4.79. The summed E-state index contributed by atoms with van der Waals surface area (Å²) in [4.78, 5) is 0. The van der Waals surface area contributed by atoms with Gasteiger partial charge in [0.25, 0.3) is 10.2 Å². The molecule has 0 aliphatic heterocycles. The highest BCUT2D eigenvalue weighted by Crippen LogP contribution is 2.13. The molecule has 0 aromatic rings. The summed E-state index contributed by atoms with van der Waals surface area (Å²) in [5.74, 6) is 0.840. The van der Waals surface area contributed by atoms with Crippen LogP contribution in [0, 0.1) is 11.8 Å².